The zero-order valence-corrected chi connectivity index (χ0v) is 11.4. The van der Waals surface area contributed by atoms with E-state index in [1.807, 2.05) is 13.8 Å². The lowest BCUT2D eigenvalue weighted by Crippen LogP contribution is -2.52. The first-order valence-corrected chi connectivity index (χ1v) is 7.85. The molecule has 1 atom stereocenters. The van der Waals surface area contributed by atoms with Crippen LogP contribution < -0.4 is 5.32 Å². The Morgan fingerprint density at radius 1 is 1.47 bits per heavy atom. The first kappa shape index (κ1) is 13.3. The number of nitrogens with zero attached hydrogens (tertiary/aromatic N) is 1. The molecule has 1 N–H and O–H groups in total. The Kier molecular flexibility index (Phi) is 3.77. The predicted octanol–water partition coefficient (Wildman–Crippen LogP) is 0.179. The minimum Gasteiger partial charge on any atom is -0.373 e. The molecule has 0 amide bonds. The molecule has 6 heteroatoms. The van der Waals surface area contributed by atoms with Gasteiger partial charge in [-0.2, -0.15) is 4.31 Å². The fourth-order valence-electron chi connectivity index (χ4n) is 2.47. The van der Waals surface area contributed by atoms with Crippen LogP contribution in [0.25, 0.3) is 0 Å². The molecule has 0 aliphatic carbocycles. The molecule has 2 aliphatic rings. The van der Waals surface area contributed by atoms with E-state index >= 15 is 0 Å². The largest absolute Gasteiger partial charge is 0.373 e. The molecule has 0 aromatic carbocycles. The number of sulfonamides is 1. The summed E-state index contributed by atoms with van der Waals surface area (Å²) < 4.78 is 31.6. The van der Waals surface area contributed by atoms with Crippen molar-refractivity contribution in [3.05, 3.63) is 0 Å². The van der Waals surface area contributed by atoms with Crippen LogP contribution in [0.15, 0.2) is 0 Å². The van der Waals surface area contributed by atoms with E-state index in [4.69, 9.17) is 4.74 Å². The molecule has 1 unspecified atom stereocenters. The van der Waals surface area contributed by atoms with E-state index in [1.165, 1.54) is 0 Å². The topological polar surface area (TPSA) is 58.6 Å². The molecule has 2 saturated heterocycles. The third-order valence-electron chi connectivity index (χ3n) is 3.36. The highest BCUT2D eigenvalue weighted by atomic mass is 32.2. The molecule has 2 heterocycles. The van der Waals surface area contributed by atoms with Crippen molar-refractivity contribution in [1.29, 1.82) is 0 Å². The van der Waals surface area contributed by atoms with Crippen molar-refractivity contribution in [2.45, 2.75) is 38.3 Å². The van der Waals surface area contributed by atoms with Crippen molar-refractivity contribution in [3.8, 4) is 0 Å². The molecule has 17 heavy (non-hydrogen) atoms. The molecular weight excluding hydrogens is 240 g/mol. The standard InChI is InChI=1S/C11H22N2O3S/c1-11(2)9-13(6-7-16-11)17(14,15)8-10-4-3-5-12-10/h10,12H,3-9H2,1-2H3. The van der Waals surface area contributed by atoms with E-state index in [0.29, 0.717) is 19.7 Å². The summed E-state index contributed by atoms with van der Waals surface area (Å²) in [5.74, 6) is 0.225. The Morgan fingerprint density at radius 3 is 2.82 bits per heavy atom. The monoisotopic (exact) mass is 262 g/mol. The highest BCUT2D eigenvalue weighted by Crippen LogP contribution is 2.20. The summed E-state index contributed by atoms with van der Waals surface area (Å²) in [6.07, 6.45) is 2.04. The van der Waals surface area contributed by atoms with Crippen LogP contribution in [-0.2, 0) is 14.8 Å². The molecule has 0 radical (unpaired) electrons. The first-order chi connectivity index (χ1) is 7.89. The van der Waals surface area contributed by atoms with Gasteiger partial charge in [0.1, 0.15) is 0 Å². The highest BCUT2D eigenvalue weighted by Gasteiger charge is 2.35. The van der Waals surface area contributed by atoms with Crippen LogP contribution in [0.2, 0.25) is 0 Å². The number of hydrogen-bond donors (Lipinski definition) is 1. The van der Waals surface area contributed by atoms with Gasteiger partial charge in [0.05, 0.1) is 18.0 Å². The van der Waals surface area contributed by atoms with E-state index in [2.05, 4.69) is 5.32 Å². The fourth-order valence-corrected chi connectivity index (χ4v) is 4.33. The number of morpholine rings is 1. The summed E-state index contributed by atoms with van der Waals surface area (Å²) in [6, 6.07) is 0.131. The average molecular weight is 262 g/mol. The summed E-state index contributed by atoms with van der Waals surface area (Å²) in [7, 11) is -3.15. The summed E-state index contributed by atoms with van der Waals surface area (Å²) >= 11 is 0. The number of ether oxygens (including phenoxy) is 1. The molecule has 2 rings (SSSR count). The minimum atomic E-state index is -3.15. The van der Waals surface area contributed by atoms with Crippen LogP contribution in [-0.4, -0.2) is 56.4 Å². The zero-order chi connectivity index (χ0) is 12.5. The lowest BCUT2D eigenvalue weighted by molar-refractivity contribution is -0.0640. The van der Waals surface area contributed by atoms with E-state index < -0.39 is 10.0 Å². The molecule has 5 nitrogen and oxygen atoms in total. The molecule has 100 valence electrons. The average Bonchev–Trinajstić information content (AvgIpc) is 2.68. The summed E-state index contributed by atoms with van der Waals surface area (Å²) in [6.45, 7) is 6.24. The second-order valence-corrected chi connectivity index (χ2v) is 7.53. The van der Waals surface area contributed by atoms with Gasteiger partial charge in [0.15, 0.2) is 0 Å². The van der Waals surface area contributed by atoms with Crippen LogP contribution >= 0.6 is 0 Å². The van der Waals surface area contributed by atoms with Gasteiger partial charge in [0.25, 0.3) is 0 Å². The van der Waals surface area contributed by atoms with E-state index in [0.717, 1.165) is 19.4 Å². The van der Waals surface area contributed by atoms with Crippen LogP contribution in [0.3, 0.4) is 0 Å². The Hall–Kier alpha value is -0.170. The summed E-state index contributed by atoms with van der Waals surface area (Å²) in [5, 5.41) is 3.24. The molecule has 2 aliphatic heterocycles. The summed E-state index contributed by atoms with van der Waals surface area (Å²) in [4.78, 5) is 0. The Labute approximate surface area is 104 Å². The highest BCUT2D eigenvalue weighted by molar-refractivity contribution is 7.89. The third kappa shape index (κ3) is 3.40. The van der Waals surface area contributed by atoms with Gasteiger partial charge in [-0.3, -0.25) is 0 Å². The molecule has 0 aromatic rings. The lowest BCUT2D eigenvalue weighted by atomic mass is 10.1. The number of hydrogen-bond acceptors (Lipinski definition) is 4. The van der Waals surface area contributed by atoms with Crippen LogP contribution in [0.1, 0.15) is 26.7 Å². The molecule has 0 aromatic heterocycles. The van der Waals surface area contributed by atoms with E-state index in [1.54, 1.807) is 4.31 Å². The molecule has 2 fully saturated rings. The second-order valence-electron chi connectivity index (χ2n) is 5.51. The normalized spacial score (nSPS) is 30.6. The Balaban J connectivity index is 1.99. The minimum absolute atomic E-state index is 0.131. The van der Waals surface area contributed by atoms with Gasteiger partial charge < -0.3 is 10.1 Å². The second kappa shape index (κ2) is 4.84. The van der Waals surface area contributed by atoms with Gasteiger partial charge in [-0.15, -0.1) is 0 Å². The molecular formula is C11H22N2O3S. The maximum atomic E-state index is 12.3. The number of rotatable bonds is 3. The van der Waals surface area contributed by atoms with Crippen LogP contribution in [0.5, 0.6) is 0 Å². The summed E-state index contributed by atoms with van der Waals surface area (Å²) in [5.41, 5.74) is -0.367. The Bertz CT molecular complexity index is 361. The molecule has 0 bridgehead atoms. The van der Waals surface area contributed by atoms with Crippen molar-refractivity contribution in [1.82, 2.24) is 9.62 Å². The molecule has 0 saturated carbocycles. The zero-order valence-electron chi connectivity index (χ0n) is 10.6. The van der Waals surface area contributed by atoms with E-state index in [-0.39, 0.29) is 17.4 Å². The van der Waals surface area contributed by atoms with Gasteiger partial charge in [0, 0.05) is 19.1 Å². The van der Waals surface area contributed by atoms with Gasteiger partial charge in [-0.05, 0) is 33.2 Å². The van der Waals surface area contributed by atoms with E-state index in [9.17, 15) is 8.42 Å². The fraction of sp³-hybridized carbons (Fsp3) is 1.00. The van der Waals surface area contributed by atoms with Crippen LogP contribution in [0.4, 0.5) is 0 Å². The Morgan fingerprint density at radius 2 is 2.24 bits per heavy atom. The third-order valence-corrected chi connectivity index (χ3v) is 5.28. The first-order valence-electron chi connectivity index (χ1n) is 6.24. The van der Waals surface area contributed by atoms with Gasteiger partial charge in [-0.25, -0.2) is 8.42 Å². The van der Waals surface area contributed by atoms with Gasteiger partial charge >= 0.3 is 0 Å². The smallest absolute Gasteiger partial charge is 0.215 e. The van der Waals surface area contributed by atoms with Crippen molar-refractivity contribution in [3.63, 3.8) is 0 Å². The van der Waals surface area contributed by atoms with Crippen LogP contribution in [0, 0.1) is 0 Å². The van der Waals surface area contributed by atoms with Crippen molar-refractivity contribution < 1.29 is 13.2 Å². The van der Waals surface area contributed by atoms with Crippen molar-refractivity contribution >= 4 is 10.0 Å². The predicted molar refractivity (Wildman–Crippen MR) is 66.4 cm³/mol. The van der Waals surface area contributed by atoms with Crippen molar-refractivity contribution in [2.75, 3.05) is 32.0 Å². The maximum absolute atomic E-state index is 12.3. The number of nitrogens with one attached hydrogen (secondary N) is 1. The van der Waals surface area contributed by atoms with Crippen molar-refractivity contribution in [2.24, 2.45) is 0 Å². The van der Waals surface area contributed by atoms with Gasteiger partial charge in [0.2, 0.25) is 10.0 Å². The molecule has 0 spiro atoms. The quantitative estimate of drug-likeness (QED) is 0.788. The SMILES string of the molecule is CC1(C)CN(S(=O)(=O)CC2CCCN2)CCO1. The van der Waals surface area contributed by atoms with Gasteiger partial charge in [-0.1, -0.05) is 0 Å². The lowest BCUT2D eigenvalue weighted by Gasteiger charge is -2.37. The maximum Gasteiger partial charge on any atom is 0.215 e.